The first kappa shape index (κ1) is 16.6. The van der Waals surface area contributed by atoms with E-state index in [-0.39, 0.29) is 0 Å². The van der Waals surface area contributed by atoms with Crippen LogP contribution in [0.3, 0.4) is 0 Å². The van der Waals surface area contributed by atoms with Crippen LogP contribution < -0.4 is 4.90 Å². The fourth-order valence-corrected chi connectivity index (χ4v) is 3.60. The zero-order valence-corrected chi connectivity index (χ0v) is 13.6. The standard InChI is InChI=1S/C17H29NS/c1-4-5-6-7-8-12-15-19-17(18(2)3)16-13-10-9-11-14-16/h9-11,13-14,17H,4-8,12,15H2,1-3H3/p+1. The molecule has 0 aromatic heterocycles. The lowest BCUT2D eigenvalue weighted by Gasteiger charge is -2.21. The van der Waals surface area contributed by atoms with Crippen LogP contribution in [0.5, 0.6) is 0 Å². The van der Waals surface area contributed by atoms with Gasteiger partial charge < -0.3 is 4.90 Å². The van der Waals surface area contributed by atoms with E-state index in [1.165, 1.54) is 54.7 Å². The molecule has 1 rings (SSSR count). The quantitative estimate of drug-likeness (QED) is 0.503. The molecule has 0 aliphatic heterocycles. The summed E-state index contributed by atoms with van der Waals surface area (Å²) in [5.41, 5.74) is 1.46. The summed E-state index contributed by atoms with van der Waals surface area (Å²) >= 11 is 2.11. The van der Waals surface area contributed by atoms with Gasteiger partial charge in [0, 0.05) is 5.56 Å². The lowest BCUT2D eigenvalue weighted by molar-refractivity contribution is -0.875. The molecular weight excluding hydrogens is 250 g/mol. The molecule has 0 bridgehead atoms. The van der Waals surface area contributed by atoms with Gasteiger partial charge in [0.25, 0.3) is 0 Å². The van der Waals surface area contributed by atoms with Crippen molar-refractivity contribution >= 4 is 11.8 Å². The average Bonchev–Trinajstić information content (AvgIpc) is 2.42. The van der Waals surface area contributed by atoms with Gasteiger partial charge in [-0.3, -0.25) is 0 Å². The maximum absolute atomic E-state index is 2.28. The van der Waals surface area contributed by atoms with Crippen molar-refractivity contribution < 1.29 is 4.90 Å². The smallest absolute Gasteiger partial charge is 0.159 e. The molecule has 2 heteroatoms. The molecular formula is C17H30NS+. The van der Waals surface area contributed by atoms with Crippen LogP contribution in [0.1, 0.15) is 56.4 Å². The van der Waals surface area contributed by atoms with E-state index < -0.39 is 0 Å². The molecule has 0 amide bonds. The van der Waals surface area contributed by atoms with Gasteiger partial charge in [-0.2, -0.15) is 0 Å². The Balaban J connectivity index is 2.24. The van der Waals surface area contributed by atoms with Gasteiger partial charge in [0.15, 0.2) is 5.37 Å². The van der Waals surface area contributed by atoms with Gasteiger partial charge in [0.05, 0.1) is 14.1 Å². The van der Waals surface area contributed by atoms with Crippen molar-refractivity contribution in [3.8, 4) is 0 Å². The summed E-state index contributed by atoms with van der Waals surface area (Å²) in [5, 5.41) is 0.580. The summed E-state index contributed by atoms with van der Waals surface area (Å²) in [6.07, 6.45) is 8.35. The van der Waals surface area contributed by atoms with Crippen molar-refractivity contribution in [3.63, 3.8) is 0 Å². The van der Waals surface area contributed by atoms with E-state index in [9.17, 15) is 0 Å². The molecule has 0 saturated heterocycles. The Hall–Kier alpha value is -0.470. The SMILES string of the molecule is CCCCCCCCSC(c1ccccc1)[NH+](C)C. The highest BCUT2D eigenvalue weighted by Gasteiger charge is 2.17. The maximum atomic E-state index is 2.28. The first-order valence-electron chi connectivity index (χ1n) is 7.72. The molecule has 0 saturated carbocycles. The first-order valence-corrected chi connectivity index (χ1v) is 8.77. The third-order valence-electron chi connectivity index (χ3n) is 3.41. The number of nitrogens with one attached hydrogen (secondary N) is 1. The van der Waals surface area contributed by atoms with Crippen LogP contribution in [0, 0.1) is 0 Å². The minimum Gasteiger partial charge on any atom is -0.325 e. The Morgan fingerprint density at radius 1 is 0.947 bits per heavy atom. The van der Waals surface area contributed by atoms with Crippen LogP contribution >= 0.6 is 11.8 Å². The fourth-order valence-electron chi connectivity index (χ4n) is 2.31. The molecule has 0 fully saturated rings. The average molecular weight is 281 g/mol. The molecule has 1 nitrogen and oxygen atoms in total. The van der Waals surface area contributed by atoms with Crippen LogP contribution in [0.4, 0.5) is 0 Å². The molecule has 1 unspecified atom stereocenters. The fraction of sp³-hybridized carbons (Fsp3) is 0.647. The normalized spacial score (nSPS) is 12.8. The zero-order valence-electron chi connectivity index (χ0n) is 12.8. The Kier molecular flexibility index (Phi) is 9.02. The summed E-state index contributed by atoms with van der Waals surface area (Å²) in [7, 11) is 4.51. The summed E-state index contributed by atoms with van der Waals surface area (Å²) < 4.78 is 0. The van der Waals surface area contributed by atoms with Crippen molar-refractivity contribution in [3.05, 3.63) is 35.9 Å². The molecule has 1 N–H and O–H groups in total. The summed E-state index contributed by atoms with van der Waals surface area (Å²) in [5.74, 6) is 1.29. The second-order valence-electron chi connectivity index (χ2n) is 5.51. The Morgan fingerprint density at radius 3 is 2.21 bits per heavy atom. The van der Waals surface area contributed by atoms with Crippen molar-refractivity contribution in [1.29, 1.82) is 0 Å². The molecule has 108 valence electrons. The number of hydrogen-bond donors (Lipinski definition) is 1. The Bertz CT molecular complexity index is 310. The highest BCUT2D eigenvalue weighted by Crippen LogP contribution is 2.24. The molecule has 0 aliphatic rings. The van der Waals surface area contributed by atoms with Gasteiger partial charge in [-0.25, -0.2) is 0 Å². The maximum Gasteiger partial charge on any atom is 0.159 e. The third-order valence-corrected chi connectivity index (χ3v) is 5.01. The van der Waals surface area contributed by atoms with Crippen LogP contribution in [-0.4, -0.2) is 19.8 Å². The molecule has 0 aliphatic carbocycles. The number of hydrogen-bond acceptors (Lipinski definition) is 1. The number of rotatable bonds is 10. The molecule has 0 spiro atoms. The molecule has 1 aromatic rings. The molecule has 1 atom stereocenters. The minimum atomic E-state index is 0.580. The molecule has 1 aromatic carbocycles. The second-order valence-corrected chi connectivity index (χ2v) is 6.72. The van der Waals surface area contributed by atoms with Crippen molar-refractivity contribution in [1.82, 2.24) is 0 Å². The van der Waals surface area contributed by atoms with Gasteiger partial charge in [0.2, 0.25) is 0 Å². The minimum absolute atomic E-state index is 0.580. The topological polar surface area (TPSA) is 4.44 Å². The van der Waals surface area contributed by atoms with Gasteiger partial charge in [-0.1, -0.05) is 81.1 Å². The number of quaternary nitrogens is 1. The van der Waals surface area contributed by atoms with Gasteiger partial charge in [-0.15, -0.1) is 0 Å². The number of unbranched alkanes of at least 4 members (excludes halogenated alkanes) is 5. The summed E-state index contributed by atoms with van der Waals surface area (Å²) in [4.78, 5) is 1.52. The van der Waals surface area contributed by atoms with E-state index in [1.807, 2.05) is 0 Å². The van der Waals surface area contributed by atoms with E-state index in [4.69, 9.17) is 0 Å². The number of thioether (sulfide) groups is 1. The molecule has 19 heavy (non-hydrogen) atoms. The predicted octanol–water partition coefficient (Wildman–Crippen LogP) is 3.92. The Labute approximate surface area is 123 Å². The van der Waals surface area contributed by atoms with Crippen LogP contribution in [0.2, 0.25) is 0 Å². The lowest BCUT2D eigenvalue weighted by atomic mass is 10.1. The van der Waals surface area contributed by atoms with Crippen LogP contribution in [-0.2, 0) is 0 Å². The Morgan fingerprint density at radius 2 is 1.58 bits per heavy atom. The number of benzene rings is 1. The largest absolute Gasteiger partial charge is 0.325 e. The van der Waals surface area contributed by atoms with Gasteiger partial charge in [0.1, 0.15) is 0 Å². The van der Waals surface area contributed by atoms with Crippen LogP contribution in [0.15, 0.2) is 30.3 Å². The van der Waals surface area contributed by atoms with E-state index in [0.717, 1.165) is 0 Å². The van der Waals surface area contributed by atoms with Crippen LogP contribution in [0.25, 0.3) is 0 Å². The molecule has 0 radical (unpaired) electrons. The third kappa shape index (κ3) is 7.03. The predicted molar refractivity (Wildman–Crippen MR) is 87.8 cm³/mol. The van der Waals surface area contributed by atoms with E-state index in [1.54, 1.807) is 0 Å². The van der Waals surface area contributed by atoms with E-state index in [0.29, 0.717) is 5.37 Å². The van der Waals surface area contributed by atoms with E-state index in [2.05, 4.69) is 63.1 Å². The van der Waals surface area contributed by atoms with Crippen molar-refractivity contribution in [2.24, 2.45) is 0 Å². The first-order chi connectivity index (χ1) is 9.25. The summed E-state index contributed by atoms with van der Waals surface area (Å²) in [6, 6.07) is 10.9. The van der Waals surface area contributed by atoms with Gasteiger partial charge in [-0.05, 0) is 12.2 Å². The zero-order chi connectivity index (χ0) is 13.9. The van der Waals surface area contributed by atoms with Crippen molar-refractivity contribution in [2.75, 3.05) is 19.8 Å². The van der Waals surface area contributed by atoms with E-state index >= 15 is 0 Å². The highest BCUT2D eigenvalue weighted by molar-refractivity contribution is 7.99. The van der Waals surface area contributed by atoms with Gasteiger partial charge >= 0.3 is 0 Å². The lowest BCUT2D eigenvalue weighted by Crippen LogP contribution is -3.05. The highest BCUT2D eigenvalue weighted by atomic mass is 32.2. The summed E-state index contributed by atoms with van der Waals surface area (Å²) in [6.45, 7) is 2.28. The van der Waals surface area contributed by atoms with Crippen molar-refractivity contribution in [2.45, 2.75) is 50.8 Å². The monoisotopic (exact) mass is 280 g/mol. The second kappa shape index (κ2) is 10.3. The molecule has 0 heterocycles.